The summed E-state index contributed by atoms with van der Waals surface area (Å²) in [4.78, 5) is 11.3. The van der Waals surface area contributed by atoms with Crippen LogP contribution in [0.5, 0.6) is 5.75 Å². The number of fused-ring (bicyclic) bond motifs is 2. The second-order valence-electron chi connectivity index (χ2n) is 7.05. The molecule has 0 aromatic heterocycles. The largest absolute Gasteiger partial charge is 0.497 e. The molecule has 1 fully saturated rings. The molecular formula is C20H18N2O3. The van der Waals surface area contributed by atoms with E-state index < -0.39 is 5.97 Å². The van der Waals surface area contributed by atoms with Crippen LogP contribution < -0.4 is 9.75 Å². The fourth-order valence-corrected chi connectivity index (χ4v) is 4.36. The van der Waals surface area contributed by atoms with Crippen molar-refractivity contribution < 1.29 is 14.6 Å². The fraction of sp³-hybridized carbons (Fsp3) is 0.300. The first-order chi connectivity index (χ1) is 12.1. The van der Waals surface area contributed by atoms with Gasteiger partial charge in [-0.2, -0.15) is 5.10 Å². The minimum absolute atomic E-state index is 0.140. The van der Waals surface area contributed by atoms with Gasteiger partial charge >= 0.3 is 5.97 Å². The maximum Gasteiger partial charge on any atom is 0.335 e. The molecule has 1 spiro atoms. The Morgan fingerprint density at radius 2 is 2.20 bits per heavy atom. The van der Waals surface area contributed by atoms with Gasteiger partial charge in [-0.3, -0.25) is 5.01 Å². The summed E-state index contributed by atoms with van der Waals surface area (Å²) in [6.07, 6.45) is 3.21. The van der Waals surface area contributed by atoms with Crippen molar-refractivity contribution in [1.29, 1.82) is 0 Å². The number of hydrogen-bond donors (Lipinski definition) is 1. The Bertz CT molecular complexity index is 936. The molecule has 2 aliphatic carbocycles. The number of nitrogens with zero attached hydrogens (tertiary/aromatic N) is 2. The predicted molar refractivity (Wildman–Crippen MR) is 94.6 cm³/mol. The van der Waals surface area contributed by atoms with Crippen LogP contribution in [0.15, 0.2) is 47.6 Å². The van der Waals surface area contributed by atoms with Gasteiger partial charge in [0.15, 0.2) is 0 Å². The lowest BCUT2D eigenvalue weighted by atomic mass is 9.79. The summed E-state index contributed by atoms with van der Waals surface area (Å²) in [5.41, 5.74) is 4.95. The SMILES string of the molecule is COc1ccc2c(c1)CCC13CC1N(c1cccc(C(=O)O)c1)N=C23. The fourth-order valence-electron chi connectivity index (χ4n) is 4.36. The summed E-state index contributed by atoms with van der Waals surface area (Å²) in [5.74, 6) is -0.0271. The minimum atomic E-state index is -0.908. The lowest BCUT2D eigenvalue weighted by molar-refractivity contribution is 0.0697. The van der Waals surface area contributed by atoms with Crippen LogP contribution in [-0.2, 0) is 6.42 Å². The Morgan fingerprint density at radius 3 is 3.00 bits per heavy atom. The van der Waals surface area contributed by atoms with Crippen molar-refractivity contribution in [3.63, 3.8) is 0 Å². The van der Waals surface area contributed by atoms with Crippen molar-refractivity contribution in [3.8, 4) is 5.75 Å². The summed E-state index contributed by atoms with van der Waals surface area (Å²) in [5, 5.41) is 16.2. The van der Waals surface area contributed by atoms with Gasteiger partial charge in [0.2, 0.25) is 0 Å². The third kappa shape index (κ3) is 1.95. The van der Waals surface area contributed by atoms with Gasteiger partial charge in [-0.05, 0) is 61.2 Å². The van der Waals surface area contributed by atoms with Crippen molar-refractivity contribution in [3.05, 3.63) is 59.2 Å². The number of ether oxygens (including phenoxy) is 1. The molecule has 0 bridgehead atoms. The Labute approximate surface area is 145 Å². The van der Waals surface area contributed by atoms with Crippen molar-refractivity contribution in [2.24, 2.45) is 10.5 Å². The molecule has 2 aromatic rings. The Morgan fingerprint density at radius 1 is 1.32 bits per heavy atom. The highest BCUT2D eigenvalue weighted by molar-refractivity contribution is 6.12. The van der Waals surface area contributed by atoms with Crippen LogP contribution in [0.25, 0.3) is 0 Å². The van der Waals surface area contributed by atoms with Crippen molar-refractivity contribution in [2.45, 2.75) is 25.3 Å². The quantitative estimate of drug-likeness (QED) is 0.935. The van der Waals surface area contributed by atoms with E-state index in [9.17, 15) is 9.90 Å². The number of aryl methyl sites for hydroxylation is 1. The first-order valence-electron chi connectivity index (χ1n) is 8.51. The predicted octanol–water partition coefficient (Wildman–Crippen LogP) is 3.32. The number of methoxy groups -OCH3 is 1. The van der Waals surface area contributed by atoms with Gasteiger partial charge in [0.1, 0.15) is 5.75 Å². The summed E-state index contributed by atoms with van der Waals surface area (Å²) in [6, 6.07) is 13.6. The minimum Gasteiger partial charge on any atom is -0.497 e. The maximum absolute atomic E-state index is 11.3. The highest BCUT2D eigenvalue weighted by Gasteiger charge is 2.66. The summed E-state index contributed by atoms with van der Waals surface area (Å²) in [6.45, 7) is 0. The van der Waals surface area contributed by atoms with Crippen LogP contribution in [0.3, 0.4) is 0 Å². The van der Waals surface area contributed by atoms with Gasteiger partial charge < -0.3 is 9.84 Å². The van der Waals surface area contributed by atoms with E-state index in [1.54, 1.807) is 25.3 Å². The first kappa shape index (κ1) is 14.5. The zero-order valence-corrected chi connectivity index (χ0v) is 13.9. The molecule has 0 radical (unpaired) electrons. The zero-order valence-electron chi connectivity index (χ0n) is 13.9. The highest BCUT2D eigenvalue weighted by atomic mass is 16.5. The van der Waals surface area contributed by atoms with Crippen LogP contribution in [0.4, 0.5) is 5.69 Å². The van der Waals surface area contributed by atoms with Crippen LogP contribution in [0.1, 0.15) is 34.3 Å². The van der Waals surface area contributed by atoms with Gasteiger partial charge in [-0.25, -0.2) is 4.79 Å². The van der Waals surface area contributed by atoms with Gasteiger partial charge in [-0.1, -0.05) is 6.07 Å². The molecule has 0 amide bonds. The molecule has 3 aliphatic rings. The van der Waals surface area contributed by atoms with Crippen LogP contribution in [0.2, 0.25) is 0 Å². The van der Waals surface area contributed by atoms with E-state index >= 15 is 0 Å². The number of carboxylic acid groups (broad SMARTS) is 1. The number of benzene rings is 2. The average Bonchev–Trinajstić information content (AvgIpc) is 3.26. The third-order valence-electron chi connectivity index (χ3n) is 5.78. The van der Waals surface area contributed by atoms with E-state index in [1.165, 1.54) is 11.1 Å². The lowest BCUT2D eigenvalue weighted by Gasteiger charge is -2.24. The van der Waals surface area contributed by atoms with E-state index in [0.717, 1.165) is 36.4 Å². The van der Waals surface area contributed by atoms with Crippen molar-refractivity contribution in [2.75, 3.05) is 12.1 Å². The topological polar surface area (TPSA) is 62.1 Å². The van der Waals surface area contributed by atoms with E-state index in [4.69, 9.17) is 9.84 Å². The van der Waals surface area contributed by atoms with Gasteiger partial charge in [0, 0.05) is 11.0 Å². The molecule has 1 N–H and O–H groups in total. The molecule has 5 heteroatoms. The molecule has 126 valence electrons. The number of hydrazone groups is 1. The van der Waals surface area contributed by atoms with E-state index in [0.29, 0.717) is 11.6 Å². The molecule has 5 nitrogen and oxygen atoms in total. The second-order valence-corrected chi connectivity index (χ2v) is 7.05. The number of rotatable bonds is 3. The van der Waals surface area contributed by atoms with E-state index in [2.05, 4.69) is 12.1 Å². The molecule has 5 rings (SSSR count). The number of aromatic carboxylic acids is 1. The molecule has 2 atom stereocenters. The molecule has 0 saturated heterocycles. The van der Waals surface area contributed by atoms with Gasteiger partial charge in [0.05, 0.1) is 30.1 Å². The molecule has 1 aliphatic heterocycles. The maximum atomic E-state index is 11.3. The number of hydrogen-bond acceptors (Lipinski definition) is 4. The Balaban J connectivity index is 1.57. The lowest BCUT2D eigenvalue weighted by Crippen LogP contribution is -2.25. The Hall–Kier alpha value is -2.82. The standard InChI is InChI=1S/C20H18N2O3/c1-25-15-5-6-16-12(10-15)7-8-20-11-17(20)22(21-18(16)20)14-4-2-3-13(9-14)19(23)24/h2-6,9-10,17H,7-8,11H2,1H3,(H,23,24). The summed E-state index contributed by atoms with van der Waals surface area (Å²) >= 11 is 0. The molecule has 2 unspecified atom stereocenters. The normalized spacial score (nSPS) is 25.6. The molecule has 2 aromatic carbocycles. The number of carboxylic acids is 1. The van der Waals surface area contributed by atoms with Gasteiger partial charge in [0.25, 0.3) is 0 Å². The summed E-state index contributed by atoms with van der Waals surface area (Å²) in [7, 11) is 1.69. The van der Waals surface area contributed by atoms with Crippen LogP contribution in [0, 0.1) is 5.41 Å². The molecule has 1 saturated carbocycles. The van der Waals surface area contributed by atoms with E-state index in [-0.39, 0.29) is 5.41 Å². The third-order valence-corrected chi connectivity index (χ3v) is 5.78. The first-order valence-corrected chi connectivity index (χ1v) is 8.51. The zero-order chi connectivity index (χ0) is 17.2. The number of anilines is 1. The van der Waals surface area contributed by atoms with Gasteiger partial charge in [-0.15, -0.1) is 0 Å². The second kappa shape index (κ2) is 4.85. The molecular weight excluding hydrogens is 316 g/mol. The number of carbonyl (C=O) groups is 1. The molecule has 25 heavy (non-hydrogen) atoms. The van der Waals surface area contributed by atoms with E-state index in [1.807, 2.05) is 17.1 Å². The van der Waals surface area contributed by atoms with Crippen LogP contribution >= 0.6 is 0 Å². The summed E-state index contributed by atoms with van der Waals surface area (Å²) < 4.78 is 5.35. The van der Waals surface area contributed by atoms with Crippen molar-refractivity contribution >= 4 is 17.4 Å². The average molecular weight is 334 g/mol. The molecule has 1 heterocycles. The van der Waals surface area contributed by atoms with Crippen molar-refractivity contribution in [1.82, 2.24) is 0 Å². The smallest absolute Gasteiger partial charge is 0.335 e. The monoisotopic (exact) mass is 334 g/mol. The Kier molecular flexibility index (Phi) is 2.82. The highest BCUT2D eigenvalue weighted by Crippen LogP contribution is 2.62. The van der Waals surface area contributed by atoms with Crippen LogP contribution in [-0.4, -0.2) is 29.9 Å².